The van der Waals surface area contributed by atoms with Crippen molar-refractivity contribution in [3.8, 4) is 0 Å². The molecule has 1 N–H and O–H groups in total. The highest BCUT2D eigenvalue weighted by atomic mass is 32.1. The molecule has 0 aliphatic heterocycles. The molecule has 0 fully saturated rings. The summed E-state index contributed by atoms with van der Waals surface area (Å²) in [6, 6.07) is 0. The Balaban J connectivity index is 2.23. The van der Waals surface area contributed by atoms with Crippen LogP contribution in [0.3, 0.4) is 0 Å². The number of rotatable bonds is 5. The van der Waals surface area contributed by atoms with Crippen molar-refractivity contribution in [3.05, 3.63) is 16.1 Å². The fourth-order valence-corrected chi connectivity index (χ4v) is 2.02. The van der Waals surface area contributed by atoms with Crippen LogP contribution in [-0.2, 0) is 6.42 Å². The molecule has 92 valence electrons. The Morgan fingerprint density at radius 2 is 2.19 bits per heavy atom. The predicted octanol–water partition coefficient (Wildman–Crippen LogP) is 2.78. The lowest BCUT2D eigenvalue weighted by Crippen LogP contribution is -2.32. The third-order valence-electron chi connectivity index (χ3n) is 2.04. The molecule has 16 heavy (non-hydrogen) atoms. The Morgan fingerprint density at radius 1 is 1.50 bits per heavy atom. The molecule has 1 atom stereocenters. The van der Waals surface area contributed by atoms with Gasteiger partial charge in [-0.05, 0) is 25.8 Å². The molecule has 0 saturated carbocycles. The van der Waals surface area contributed by atoms with Gasteiger partial charge in [-0.1, -0.05) is 6.92 Å². The van der Waals surface area contributed by atoms with Crippen molar-refractivity contribution in [2.75, 3.05) is 13.1 Å². The van der Waals surface area contributed by atoms with Gasteiger partial charge >= 0.3 is 6.18 Å². The number of nitrogens with zero attached hydrogens (tertiary/aromatic N) is 1. The molecule has 1 rings (SSSR count). The molecule has 0 spiro atoms. The summed E-state index contributed by atoms with van der Waals surface area (Å²) < 4.78 is 35.6. The molecule has 1 aromatic heterocycles. The van der Waals surface area contributed by atoms with Gasteiger partial charge in [0.25, 0.3) is 0 Å². The Morgan fingerprint density at radius 3 is 2.69 bits per heavy atom. The lowest BCUT2D eigenvalue weighted by molar-refractivity contribution is -0.125. The third kappa shape index (κ3) is 5.46. The van der Waals surface area contributed by atoms with Gasteiger partial charge in [0, 0.05) is 5.38 Å². The van der Waals surface area contributed by atoms with E-state index in [-0.39, 0.29) is 5.92 Å². The van der Waals surface area contributed by atoms with E-state index in [0.717, 1.165) is 17.1 Å². The minimum Gasteiger partial charge on any atom is -0.308 e. The van der Waals surface area contributed by atoms with Crippen molar-refractivity contribution in [2.24, 2.45) is 5.92 Å². The number of halogens is 3. The van der Waals surface area contributed by atoms with Gasteiger partial charge in [-0.25, -0.2) is 4.98 Å². The highest BCUT2D eigenvalue weighted by Crippen LogP contribution is 2.14. The monoisotopic (exact) mass is 252 g/mol. The van der Waals surface area contributed by atoms with E-state index < -0.39 is 12.7 Å². The van der Waals surface area contributed by atoms with Crippen LogP contribution in [0.5, 0.6) is 0 Å². The molecular weight excluding hydrogens is 237 g/mol. The molecule has 0 radical (unpaired) electrons. The lowest BCUT2D eigenvalue weighted by atomic mass is 10.1. The molecule has 1 unspecified atom stereocenters. The first-order valence-corrected chi connectivity index (χ1v) is 5.93. The van der Waals surface area contributed by atoms with Gasteiger partial charge in [0.05, 0.1) is 17.2 Å². The van der Waals surface area contributed by atoms with E-state index in [1.54, 1.807) is 11.3 Å². The van der Waals surface area contributed by atoms with Crippen LogP contribution < -0.4 is 5.32 Å². The van der Waals surface area contributed by atoms with E-state index in [1.165, 1.54) is 0 Å². The molecule has 2 nitrogen and oxygen atoms in total. The lowest BCUT2D eigenvalue weighted by Gasteiger charge is -2.12. The van der Waals surface area contributed by atoms with Crippen molar-refractivity contribution < 1.29 is 13.2 Å². The summed E-state index contributed by atoms with van der Waals surface area (Å²) in [5, 5.41) is 5.35. The average Bonchev–Trinajstić information content (AvgIpc) is 2.48. The van der Waals surface area contributed by atoms with Crippen LogP contribution in [0.25, 0.3) is 0 Å². The van der Waals surface area contributed by atoms with Crippen LogP contribution in [0.15, 0.2) is 5.38 Å². The normalized spacial score (nSPS) is 14.1. The van der Waals surface area contributed by atoms with Gasteiger partial charge in [0.2, 0.25) is 0 Å². The minimum absolute atomic E-state index is 0.156. The van der Waals surface area contributed by atoms with Crippen LogP contribution >= 0.6 is 11.3 Å². The van der Waals surface area contributed by atoms with Crippen molar-refractivity contribution in [1.82, 2.24) is 10.3 Å². The maximum absolute atomic E-state index is 11.9. The van der Waals surface area contributed by atoms with E-state index in [0.29, 0.717) is 6.54 Å². The number of hydrogen-bond donors (Lipinski definition) is 1. The predicted molar refractivity (Wildman–Crippen MR) is 58.6 cm³/mol. The summed E-state index contributed by atoms with van der Waals surface area (Å²) >= 11 is 1.56. The van der Waals surface area contributed by atoms with Crippen LogP contribution in [0.1, 0.15) is 17.6 Å². The maximum Gasteiger partial charge on any atom is 0.401 e. The van der Waals surface area contributed by atoms with Gasteiger partial charge in [0.15, 0.2) is 0 Å². The Kier molecular flexibility index (Phi) is 4.73. The zero-order valence-electron chi connectivity index (χ0n) is 9.27. The number of hydrogen-bond acceptors (Lipinski definition) is 3. The van der Waals surface area contributed by atoms with Gasteiger partial charge in [-0.3, -0.25) is 0 Å². The van der Waals surface area contributed by atoms with E-state index in [2.05, 4.69) is 10.3 Å². The summed E-state index contributed by atoms with van der Waals surface area (Å²) in [6.07, 6.45) is -3.41. The minimum atomic E-state index is -4.13. The van der Waals surface area contributed by atoms with Gasteiger partial charge in [-0.2, -0.15) is 13.2 Å². The first kappa shape index (κ1) is 13.4. The van der Waals surface area contributed by atoms with Gasteiger partial charge in [-0.15, -0.1) is 11.3 Å². The highest BCUT2D eigenvalue weighted by Gasteiger charge is 2.26. The van der Waals surface area contributed by atoms with Crippen LogP contribution in [0.2, 0.25) is 0 Å². The molecule has 0 bridgehead atoms. The first-order valence-electron chi connectivity index (χ1n) is 5.05. The zero-order chi connectivity index (χ0) is 12.2. The van der Waals surface area contributed by atoms with Crippen molar-refractivity contribution in [2.45, 2.75) is 26.4 Å². The molecule has 0 aromatic carbocycles. The summed E-state index contributed by atoms with van der Waals surface area (Å²) in [6.45, 7) is 3.27. The topological polar surface area (TPSA) is 24.9 Å². The summed E-state index contributed by atoms with van der Waals surface area (Å²) in [4.78, 5) is 4.28. The smallest absolute Gasteiger partial charge is 0.308 e. The molecule has 0 aliphatic carbocycles. The Hall–Kier alpha value is -0.620. The van der Waals surface area contributed by atoms with E-state index >= 15 is 0 Å². The zero-order valence-corrected chi connectivity index (χ0v) is 10.1. The maximum atomic E-state index is 11.9. The van der Waals surface area contributed by atoms with Gasteiger partial charge in [0.1, 0.15) is 0 Å². The van der Waals surface area contributed by atoms with Crippen molar-refractivity contribution in [1.29, 1.82) is 0 Å². The molecule has 1 aromatic rings. The summed E-state index contributed by atoms with van der Waals surface area (Å²) in [5.41, 5.74) is 0.962. The fourth-order valence-electron chi connectivity index (χ4n) is 1.39. The van der Waals surface area contributed by atoms with E-state index in [4.69, 9.17) is 0 Å². The molecule has 0 aliphatic rings. The molecule has 1 heterocycles. The van der Waals surface area contributed by atoms with Crippen LogP contribution in [0, 0.1) is 12.8 Å². The molecular formula is C10H15F3N2S. The fraction of sp³-hybridized carbons (Fsp3) is 0.700. The quantitative estimate of drug-likeness (QED) is 0.871. The van der Waals surface area contributed by atoms with Crippen LogP contribution in [-0.4, -0.2) is 24.2 Å². The average molecular weight is 252 g/mol. The highest BCUT2D eigenvalue weighted by molar-refractivity contribution is 7.09. The Bertz CT molecular complexity index is 322. The van der Waals surface area contributed by atoms with Crippen molar-refractivity contribution >= 4 is 11.3 Å². The number of thiazole rings is 1. The van der Waals surface area contributed by atoms with E-state index in [1.807, 2.05) is 19.2 Å². The second kappa shape index (κ2) is 5.63. The summed E-state index contributed by atoms with van der Waals surface area (Å²) in [5.74, 6) is 0.156. The molecule has 0 saturated heterocycles. The second-order valence-corrected chi connectivity index (χ2v) is 4.98. The van der Waals surface area contributed by atoms with Crippen molar-refractivity contribution in [3.63, 3.8) is 0 Å². The summed E-state index contributed by atoms with van der Waals surface area (Å²) in [7, 11) is 0. The largest absolute Gasteiger partial charge is 0.401 e. The van der Waals surface area contributed by atoms with E-state index in [9.17, 15) is 13.2 Å². The SMILES string of the molecule is Cc1nc(CC(C)CNCC(F)(F)F)cs1. The Labute approximate surface area is 96.9 Å². The number of aromatic nitrogens is 1. The van der Waals surface area contributed by atoms with Crippen LogP contribution in [0.4, 0.5) is 13.2 Å². The standard InChI is InChI=1S/C10H15F3N2S/c1-7(4-14-6-10(11,12)13)3-9-5-16-8(2)15-9/h5,7,14H,3-4,6H2,1-2H3. The number of alkyl halides is 3. The number of nitrogens with one attached hydrogen (secondary N) is 1. The molecule has 6 heteroatoms. The number of aryl methyl sites for hydroxylation is 1. The third-order valence-corrected chi connectivity index (χ3v) is 2.86. The first-order chi connectivity index (χ1) is 7.37. The van der Waals surface area contributed by atoms with Gasteiger partial charge < -0.3 is 5.32 Å². The molecule has 0 amide bonds. The second-order valence-electron chi connectivity index (χ2n) is 3.91.